The molecule has 2 aromatic carbocycles. The van der Waals surface area contributed by atoms with Crippen molar-refractivity contribution in [2.75, 3.05) is 28.6 Å². The molecular formula is C25H25N5O4. The molecule has 0 bridgehead atoms. The van der Waals surface area contributed by atoms with Gasteiger partial charge in [-0.25, -0.2) is 0 Å². The highest BCUT2D eigenvalue weighted by Gasteiger charge is 2.35. The first-order valence-corrected chi connectivity index (χ1v) is 11.4. The van der Waals surface area contributed by atoms with Crippen molar-refractivity contribution >= 4 is 29.3 Å². The van der Waals surface area contributed by atoms with Crippen LogP contribution < -0.4 is 25.8 Å². The first-order chi connectivity index (χ1) is 16.6. The molecule has 0 spiro atoms. The minimum absolute atomic E-state index is 0.123. The Morgan fingerprint density at radius 1 is 0.971 bits per heavy atom. The number of nitrogens with one attached hydrogen (secondary N) is 3. The number of rotatable bonds is 5. The highest BCUT2D eigenvalue weighted by atomic mass is 16.5. The molecule has 1 unspecified atom stereocenters. The Morgan fingerprint density at radius 3 is 2.41 bits per heavy atom. The maximum absolute atomic E-state index is 13.1. The number of amides is 2. The van der Waals surface area contributed by atoms with Gasteiger partial charge in [0.15, 0.2) is 0 Å². The third-order valence-electron chi connectivity index (χ3n) is 6.01. The second-order valence-corrected chi connectivity index (χ2v) is 8.43. The lowest BCUT2D eigenvalue weighted by atomic mass is 9.92. The molecule has 1 saturated heterocycles. The molecule has 0 saturated carbocycles. The van der Waals surface area contributed by atoms with Gasteiger partial charge in [-0.3, -0.25) is 19.4 Å². The van der Waals surface area contributed by atoms with Crippen LogP contribution in [-0.4, -0.2) is 34.9 Å². The van der Waals surface area contributed by atoms with E-state index in [0.717, 1.165) is 32.4 Å². The molecule has 3 N–H and O–H groups in total. The topological polar surface area (TPSA) is 116 Å². The number of carbonyl (C=O) groups is 2. The fraction of sp³-hybridized carbons (Fsp3) is 0.280. The molecule has 1 fully saturated rings. The minimum atomic E-state index is -0.935. The molecule has 3 aromatic rings. The summed E-state index contributed by atoms with van der Waals surface area (Å²) in [4.78, 5) is 47.7. The second-order valence-electron chi connectivity index (χ2n) is 8.43. The van der Waals surface area contributed by atoms with Gasteiger partial charge in [-0.15, -0.1) is 0 Å². The summed E-state index contributed by atoms with van der Waals surface area (Å²) in [6, 6.07) is 16.3. The van der Waals surface area contributed by atoms with Crippen molar-refractivity contribution < 1.29 is 14.3 Å². The van der Waals surface area contributed by atoms with Crippen LogP contribution in [0, 0.1) is 0 Å². The summed E-state index contributed by atoms with van der Waals surface area (Å²) >= 11 is 0. The van der Waals surface area contributed by atoms with Crippen LogP contribution in [0.2, 0.25) is 0 Å². The molecule has 1 atom stereocenters. The zero-order chi connectivity index (χ0) is 23.5. The van der Waals surface area contributed by atoms with Crippen molar-refractivity contribution in [3.8, 4) is 11.5 Å². The summed E-state index contributed by atoms with van der Waals surface area (Å²) in [5.41, 5.74) is 0.312. The Balaban J connectivity index is 1.33. The number of aromatic amines is 1. The molecular weight excluding hydrogens is 434 g/mol. The van der Waals surface area contributed by atoms with Crippen molar-refractivity contribution in [1.82, 2.24) is 9.97 Å². The van der Waals surface area contributed by atoms with Crippen LogP contribution in [0.25, 0.3) is 0 Å². The first-order valence-electron chi connectivity index (χ1n) is 11.4. The molecule has 0 aliphatic carbocycles. The van der Waals surface area contributed by atoms with Gasteiger partial charge >= 0.3 is 0 Å². The maximum Gasteiger partial charge on any atom is 0.258 e. The quantitative estimate of drug-likeness (QED) is 0.537. The molecule has 1 aromatic heterocycles. The predicted molar refractivity (Wildman–Crippen MR) is 128 cm³/mol. The summed E-state index contributed by atoms with van der Waals surface area (Å²) in [6.07, 6.45) is 3.06. The number of para-hydroxylation sites is 1. The Labute approximate surface area is 196 Å². The normalized spacial score (nSPS) is 17.5. The molecule has 2 aliphatic rings. The number of piperidine rings is 1. The lowest BCUT2D eigenvalue weighted by Crippen LogP contribution is -2.38. The van der Waals surface area contributed by atoms with E-state index in [4.69, 9.17) is 4.74 Å². The number of H-pyrrole nitrogens is 1. The minimum Gasteiger partial charge on any atom is -0.457 e. The van der Waals surface area contributed by atoms with Gasteiger partial charge in [0.1, 0.15) is 17.3 Å². The molecule has 9 heteroatoms. The van der Waals surface area contributed by atoms with E-state index in [-0.39, 0.29) is 23.7 Å². The molecule has 2 amide bonds. The van der Waals surface area contributed by atoms with Crippen LogP contribution in [-0.2, 0) is 9.59 Å². The van der Waals surface area contributed by atoms with Gasteiger partial charge in [-0.1, -0.05) is 18.2 Å². The molecule has 0 radical (unpaired) electrons. The van der Waals surface area contributed by atoms with Crippen LogP contribution >= 0.6 is 0 Å². The van der Waals surface area contributed by atoms with Crippen LogP contribution in [0.3, 0.4) is 0 Å². The monoisotopic (exact) mass is 459 g/mol. The lowest BCUT2D eigenvalue weighted by molar-refractivity contribution is -0.123. The second kappa shape index (κ2) is 9.38. The van der Waals surface area contributed by atoms with E-state index in [1.54, 1.807) is 24.3 Å². The number of hydrogen-bond acceptors (Lipinski definition) is 6. The number of fused-ring (bicyclic) bond motifs is 1. The number of nitrogens with zero attached hydrogens (tertiary/aromatic N) is 2. The average Bonchev–Trinajstić information content (AvgIpc) is 2.85. The van der Waals surface area contributed by atoms with Gasteiger partial charge in [0, 0.05) is 25.2 Å². The Bertz CT molecular complexity index is 1250. The van der Waals surface area contributed by atoms with Crippen molar-refractivity contribution in [3.63, 3.8) is 0 Å². The maximum atomic E-state index is 13.1. The van der Waals surface area contributed by atoms with E-state index in [9.17, 15) is 14.4 Å². The van der Waals surface area contributed by atoms with Crippen molar-refractivity contribution in [3.05, 3.63) is 70.5 Å². The number of ether oxygens (including phenoxy) is 1. The largest absolute Gasteiger partial charge is 0.457 e. The SMILES string of the molecule is O=C1CC(C(=O)Nc2ccc(Oc3ccccc3)cc2)c2c(nc(N3CCCCC3)[nH]c2=O)N1. The fourth-order valence-corrected chi connectivity index (χ4v) is 4.30. The molecule has 3 heterocycles. The van der Waals surface area contributed by atoms with Gasteiger partial charge in [0.25, 0.3) is 5.56 Å². The Kier molecular flexibility index (Phi) is 5.99. The first kappa shape index (κ1) is 21.7. The van der Waals surface area contributed by atoms with Crippen LogP contribution in [0.15, 0.2) is 59.4 Å². The summed E-state index contributed by atoms with van der Waals surface area (Å²) in [5.74, 6) is 0.201. The summed E-state index contributed by atoms with van der Waals surface area (Å²) in [7, 11) is 0. The standard InChI is InChI=1S/C25H25N5O4/c31-20-15-19(21-22(27-20)28-25(29-24(21)33)30-13-5-2-6-14-30)23(32)26-16-9-11-18(12-10-16)34-17-7-3-1-4-8-17/h1,3-4,7-12,19H,2,5-6,13-15H2,(H,26,32)(H2,27,28,29,31,33). The van der Waals surface area contributed by atoms with Crippen LogP contribution in [0.1, 0.15) is 37.2 Å². The summed E-state index contributed by atoms with van der Waals surface area (Å²) in [5, 5.41) is 5.47. The van der Waals surface area contributed by atoms with Crippen LogP contribution in [0.4, 0.5) is 17.5 Å². The highest BCUT2D eigenvalue weighted by molar-refractivity contribution is 6.04. The van der Waals surface area contributed by atoms with Gasteiger partial charge in [-0.2, -0.15) is 4.98 Å². The van der Waals surface area contributed by atoms with Gasteiger partial charge < -0.3 is 20.3 Å². The summed E-state index contributed by atoms with van der Waals surface area (Å²) in [6.45, 7) is 1.59. The van der Waals surface area contributed by atoms with Crippen molar-refractivity contribution in [1.29, 1.82) is 0 Å². The van der Waals surface area contributed by atoms with Gasteiger partial charge in [-0.05, 0) is 55.7 Å². The van der Waals surface area contributed by atoms with Gasteiger partial charge in [0.05, 0.1) is 11.5 Å². The van der Waals surface area contributed by atoms with E-state index in [2.05, 4.69) is 20.6 Å². The highest BCUT2D eigenvalue weighted by Crippen LogP contribution is 2.31. The number of anilines is 3. The Hall–Kier alpha value is -4.14. The van der Waals surface area contributed by atoms with Crippen molar-refractivity contribution in [2.24, 2.45) is 0 Å². The molecule has 5 rings (SSSR count). The fourth-order valence-electron chi connectivity index (χ4n) is 4.30. The van der Waals surface area contributed by atoms with E-state index in [1.165, 1.54) is 0 Å². The third-order valence-corrected chi connectivity index (χ3v) is 6.01. The van der Waals surface area contributed by atoms with E-state index >= 15 is 0 Å². The predicted octanol–water partition coefficient (Wildman–Crippen LogP) is 3.62. The molecule has 2 aliphatic heterocycles. The van der Waals surface area contributed by atoms with E-state index < -0.39 is 17.4 Å². The van der Waals surface area contributed by atoms with Crippen LogP contribution in [0.5, 0.6) is 11.5 Å². The molecule has 9 nitrogen and oxygen atoms in total. The average molecular weight is 460 g/mol. The Morgan fingerprint density at radius 2 is 1.68 bits per heavy atom. The van der Waals surface area contributed by atoms with E-state index in [0.29, 0.717) is 23.1 Å². The zero-order valence-electron chi connectivity index (χ0n) is 18.5. The third kappa shape index (κ3) is 4.63. The zero-order valence-corrected chi connectivity index (χ0v) is 18.5. The number of benzene rings is 2. The summed E-state index contributed by atoms with van der Waals surface area (Å²) < 4.78 is 5.77. The van der Waals surface area contributed by atoms with Crippen molar-refractivity contribution in [2.45, 2.75) is 31.6 Å². The molecule has 174 valence electrons. The lowest BCUT2D eigenvalue weighted by Gasteiger charge is -2.29. The number of hydrogen-bond donors (Lipinski definition) is 3. The number of aromatic nitrogens is 2. The molecule has 34 heavy (non-hydrogen) atoms. The smallest absolute Gasteiger partial charge is 0.258 e. The van der Waals surface area contributed by atoms with Gasteiger partial charge in [0.2, 0.25) is 17.8 Å². The number of carbonyl (C=O) groups excluding carboxylic acids is 2. The van der Waals surface area contributed by atoms with E-state index in [1.807, 2.05) is 35.2 Å².